The van der Waals surface area contributed by atoms with E-state index in [1.807, 2.05) is 24.0 Å². The molecule has 1 atom stereocenters. The Morgan fingerprint density at radius 1 is 1.04 bits per heavy atom. The quantitative estimate of drug-likeness (QED) is 0.853. The number of hydrogen-bond acceptors (Lipinski definition) is 1. The van der Waals surface area contributed by atoms with Gasteiger partial charge in [0.15, 0.2) is 0 Å². The van der Waals surface area contributed by atoms with Gasteiger partial charge in [-0.1, -0.05) is 55.5 Å². The molecule has 1 aliphatic heterocycles. The number of benzene rings is 2. The molecular formula is C21H26N2O. The van der Waals surface area contributed by atoms with E-state index >= 15 is 0 Å². The third kappa shape index (κ3) is 2.58. The monoisotopic (exact) mass is 322 g/mol. The lowest BCUT2D eigenvalue weighted by Crippen LogP contribution is -2.58. The average molecular weight is 322 g/mol. The zero-order valence-electron chi connectivity index (χ0n) is 15.0. The van der Waals surface area contributed by atoms with Crippen LogP contribution in [0.15, 0.2) is 54.6 Å². The van der Waals surface area contributed by atoms with Crippen molar-refractivity contribution in [2.24, 2.45) is 0 Å². The lowest BCUT2D eigenvalue weighted by Gasteiger charge is -2.51. The maximum absolute atomic E-state index is 12.7. The molecule has 0 radical (unpaired) electrons. The molecule has 3 nitrogen and oxygen atoms in total. The molecule has 2 aromatic rings. The minimum Gasteiger partial charge on any atom is -0.338 e. The molecule has 0 aliphatic carbocycles. The maximum atomic E-state index is 12.7. The smallest absolute Gasteiger partial charge is 0.322 e. The van der Waals surface area contributed by atoms with Crippen molar-refractivity contribution in [2.75, 3.05) is 11.4 Å². The molecule has 0 aromatic heterocycles. The summed E-state index contributed by atoms with van der Waals surface area (Å²) in [4.78, 5) is 14.7. The highest BCUT2D eigenvalue weighted by atomic mass is 16.2. The van der Waals surface area contributed by atoms with Crippen LogP contribution in [0.5, 0.6) is 0 Å². The minimum atomic E-state index is -0.280. The summed E-state index contributed by atoms with van der Waals surface area (Å²) in [5, 5.41) is 2.97. The van der Waals surface area contributed by atoms with E-state index in [4.69, 9.17) is 0 Å². The predicted molar refractivity (Wildman–Crippen MR) is 99.6 cm³/mol. The van der Waals surface area contributed by atoms with Crippen LogP contribution in [0.25, 0.3) is 0 Å². The van der Waals surface area contributed by atoms with Crippen molar-refractivity contribution in [3.63, 3.8) is 0 Å². The van der Waals surface area contributed by atoms with Crippen molar-refractivity contribution in [1.82, 2.24) is 5.32 Å². The molecule has 2 amide bonds. The summed E-state index contributed by atoms with van der Waals surface area (Å²) < 4.78 is 0. The molecule has 0 spiro atoms. The Balaban J connectivity index is 2.19. The summed E-state index contributed by atoms with van der Waals surface area (Å²) in [6.45, 7) is 9.18. The van der Waals surface area contributed by atoms with Crippen LogP contribution >= 0.6 is 0 Å². The van der Waals surface area contributed by atoms with Gasteiger partial charge in [0.25, 0.3) is 0 Å². The average Bonchev–Trinajstić information content (AvgIpc) is 2.55. The molecule has 0 saturated heterocycles. The second kappa shape index (κ2) is 5.97. The predicted octanol–water partition coefficient (Wildman–Crippen LogP) is 4.71. The van der Waals surface area contributed by atoms with E-state index in [1.165, 1.54) is 11.1 Å². The molecule has 126 valence electrons. The van der Waals surface area contributed by atoms with Crippen molar-refractivity contribution >= 4 is 11.7 Å². The van der Waals surface area contributed by atoms with Gasteiger partial charge in [-0.2, -0.15) is 0 Å². The maximum Gasteiger partial charge on any atom is 0.322 e. The van der Waals surface area contributed by atoms with Gasteiger partial charge in [-0.15, -0.1) is 0 Å². The third-order valence-electron chi connectivity index (χ3n) is 5.07. The zero-order chi connectivity index (χ0) is 17.4. The fourth-order valence-electron chi connectivity index (χ4n) is 4.18. The molecular weight excluding hydrogens is 296 g/mol. The number of nitrogens with zero attached hydrogens (tertiary/aromatic N) is 1. The topological polar surface area (TPSA) is 32.3 Å². The lowest BCUT2D eigenvalue weighted by molar-refractivity contribution is 0.233. The fourth-order valence-corrected chi connectivity index (χ4v) is 4.18. The van der Waals surface area contributed by atoms with Crippen LogP contribution in [0.1, 0.15) is 45.2 Å². The van der Waals surface area contributed by atoms with Crippen LogP contribution in [0.2, 0.25) is 0 Å². The number of carbonyl (C=O) groups is 1. The van der Waals surface area contributed by atoms with Gasteiger partial charge >= 0.3 is 6.03 Å². The van der Waals surface area contributed by atoms with Crippen molar-refractivity contribution in [3.05, 3.63) is 65.7 Å². The van der Waals surface area contributed by atoms with Gasteiger partial charge < -0.3 is 5.32 Å². The second-order valence-corrected chi connectivity index (χ2v) is 7.38. The number of hydrogen-bond donors (Lipinski definition) is 1. The van der Waals surface area contributed by atoms with E-state index in [1.54, 1.807) is 0 Å². The SMILES string of the molecule is CCNC(=O)N1c2ccccc2C(C)(c2ccccc2)CC1(C)C. The van der Waals surface area contributed by atoms with Gasteiger partial charge in [-0.05, 0) is 44.4 Å². The summed E-state index contributed by atoms with van der Waals surface area (Å²) in [6.07, 6.45) is 0.873. The number of carbonyl (C=O) groups excluding carboxylic acids is 1. The Labute approximate surface area is 144 Å². The molecule has 1 unspecified atom stereocenters. The number of para-hydroxylation sites is 1. The van der Waals surface area contributed by atoms with Crippen molar-refractivity contribution in [1.29, 1.82) is 0 Å². The van der Waals surface area contributed by atoms with E-state index in [9.17, 15) is 4.79 Å². The van der Waals surface area contributed by atoms with Gasteiger partial charge in [0.1, 0.15) is 0 Å². The van der Waals surface area contributed by atoms with Crippen LogP contribution in [0, 0.1) is 0 Å². The number of fused-ring (bicyclic) bond motifs is 1. The largest absolute Gasteiger partial charge is 0.338 e. The van der Waals surface area contributed by atoms with Crippen molar-refractivity contribution in [2.45, 2.75) is 45.1 Å². The van der Waals surface area contributed by atoms with E-state index in [2.05, 4.69) is 68.6 Å². The molecule has 1 heterocycles. The van der Waals surface area contributed by atoms with Crippen molar-refractivity contribution < 1.29 is 4.79 Å². The van der Waals surface area contributed by atoms with Gasteiger partial charge in [0, 0.05) is 17.5 Å². The van der Waals surface area contributed by atoms with E-state index in [0.717, 1.165) is 12.1 Å². The molecule has 3 rings (SSSR count). The van der Waals surface area contributed by atoms with Crippen LogP contribution < -0.4 is 10.2 Å². The molecule has 2 aromatic carbocycles. The third-order valence-corrected chi connectivity index (χ3v) is 5.07. The first kappa shape index (κ1) is 16.6. The van der Waals surface area contributed by atoms with Gasteiger partial charge in [0.05, 0.1) is 5.69 Å². The van der Waals surface area contributed by atoms with Crippen LogP contribution in [-0.2, 0) is 5.41 Å². The first-order valence-electron chi connectivity index (χ1n) is 8.63. The summed E-state index contributed by atoms with van der Waals surface area (Å²) in [5.74, 6) is 0. The molecule has 0 fully saturated rings. The van der Waals surface area contributed by atoms with Crippen molar-refractivity contribution in [3.8, 4) is 0 Å². The Bertz CT molecular complexity index is 739. The van der Waals surface area contributed by atoms with E-state index in [0.29, 0.717) is 6.54 Å². The molecule has 1 N–H and O–H groups in total. The number of rotatable bonds is 2. The highest BCUT2D eigenvalue weighted by Gasteiger charge is 2.47. The second-order valence-electron chi connectivity index (χ2n) is 7.38. The molecule has 0 saturated carbocycles. The Kier molecular flexibility index (Phi) is 4.12. The van der Waals surface area contributed by atoms with Crippen LogP contribution in [0.4, 0.5) is 10.5 Å². The number of anilines is 1. The molecule has 24 heavy (non-hydrogen) atoms. The standard InChI is InChI=1S/C21H26N2O/c1-5-22-19(24)23-18-14-10-9-13-17(18)21(4,15-20(23,2)3)16-11-7-6-8-12-16/h6-14H,5,15H2,1-4H3,(H,22,24). The van der Waals surface area contributed by atoms with Gasteiger partial charge in [0.2, 0.25) is 0 Å². The Hall–Kier alpha value is -2.29. The summed E-state index contributed by atoms with van der Waals surface area (Å²) in [6, 6.07) is 18.9. The summed E-state index contributed by atoms with van der Waals surface area (Å²) in [5.41, 5.74) is 3.11. The molecule has 3 heteroatoms. The molecule has 1 aliphatic rings. The highest BCUT2D eigenvalue weighted by molar-refractivity contribution is 5.95. The number of amides is 2. The van der Waals surface area contributed by atoms with Gasteiger partial charge in [-0.25, -0.2) is 4.79 Å². The first-order valence-corrected chi connectivity index (χ1v) is 8.63. The lowest BCUT2D eigenvalue weighted by atomic mass is 9.65. The minimum absolute atomic E-state index is 0.0231. The zero-order valence-corrected chi connectivity index (χ0v) is 15.0. The number of urea groups is 1. The summed E-state index contributed by atoms with van der Waals surface area (Å²) in [7, 11) is 0. The normalized spacial score (nSPS) is 21.9. The van der Waals surface area contributed by atoms with Crippen LogP contribution in [-0.4, -0.2) is 18.1 Å². The first-order chi connectivity index (χ1) is 11.4. The Morgan fingerprint density at radius 3 is 2.33 bits per heavy atom. The van der Waals surface area contributed by atoms with E-state index in [-0.39, 0.29) is 17.0 Å². The number of nitrogens with one attached hydrogen (secondary N) is 1. The Morgan fingerprint density at radius 2 is 1.67 bits per heavy atom. The molecule has 0 bridgehead atoms. The fraction of sp³-hybridized carbons (Fsp3) is 0.381. The van der Waals surface area contributed by atoms with Crippen LogP contribution in [0.3, 0.4) is 0 Å². The highest BCUT2D eigenvalue weighted by Crippen LogP contribution is 2.50. The van der Waals surface area contributed by atoms with E-state index < -0.39 is 0 Å². The van der Waals surface area contributed by atoms with Gasteiger partial charge in [-0.3, -0.25) is 4.90 Å². The summed E-state index contributed by atoms with van der Waals surface area (Å²) >= 11 is 0.